The van der Waals surface area contributed by atoms with E-state index in [0.717, 1.165) is 6.07 Å². The van der Waals surface area contributed by atoms with E-state index >= 15 is 0 Å². The zero-order chi connectivity index (χ0) is 21.4. The van der Waals surface area contributed by atoms with Crippen LogP contribution in [0, 0.1) is 20.2 Å². The van der Waals surface area contributed by atoms with Gasteiger partial charge in [0.15, 0.2) is 0 Å². The minimum atomic E-state index is -3.95. The van der Waals surface area contributed by atoms with Gasteiger partial charge in [0.25, 0.3) is 11.4 Å². The molecular weight excluding hydrogens is 424 g/mol. The largest absolute Gasteiger partial charge is 0.354 e. The van der Waals surface area contributed by atoms with Crippen LogP contribution in [-0.2, 0) is 14.8 Å². The van der Waals surface area contributed by atoms with Gasteiger partial charge in [-0.1, -0.05) is 6.07 Å². The number of carbonyl (C=O) groups excluding carboxylic acids is 1. The van der Waals surface area contributed by atoms with E-state index < -0.39 is 19.9 Å². The summed E-state index contributed by atoms with van der Waals surface area (Å²) in [6, 6.07) is 10.4. The fraction of sp³-hybridized carbons (Fsp3) is 0.188. The Morgan fingerprint density at radius 2 is 1.62 bits per heavy atom. The standard InChI is InChI=1S/C16H16N4O7S2/c21-16(11-28-14-6-4-12(5-7-14)19(22)23)17-8-9-18-29(26,27)15-3-1-2-13(10-15)20(24)25/h1-7,10,18H,8-9,11H2,(H,17,21). The van der Waals surface area contributed by atoms with E-state index in [-0.39, 0.29) is 41.0 Å². The highest BCUT2D eigenvalue weighted by molar-refractivity contribution is 8.00. The summed E-state index contributed by atoms with van der Waals surface area (Å²) in [5.41, 5.74) is -0.390. The second kappa shape index (κ2) is 9.95. The molecule has 2 aromatic rings. The van der Waals surface area contributed by atoms with Gasteiger partial charge in [-0.15, -0.1) is 11.8 Å². The lowest BCUT2D eigenvalue weighted by molar-refractivity contribution is -0.385. The number of amides is 1. The van der Waals surface area contributed by atoms with Crippen molar-refractivity contribution in [3.8, 4) is 0 Å². The minimum absolute atomic E-state index is 0.0216. The van der Waals surface area contributed by atoms with Crippen molar-refractivity contribution in [1.29, 1.82) is 0 Å². The normalized spacial score (nSPS) is 11.0. The number of thioether (sulfide) groups is 1. The Morgan fingerprint density at radius 3 is 2.24 bits per heavy atom. The van der Waals surface area contributed by atoms with Crippen molar-refractivity contribution in [2.75, 3.05) is 18.8 Å². The van der Waals surface area contributed by atoms with Crippen LogP contribution in [0.4, 0.5) is 11.4 Å². The highest BCUT2D eigenvalue weighted by atomic mass is 32.2. The van der Waals surface area contributed by atoms with Crippen LogP contribution in [0.25, 0.3) is 0 Å². The van der Waals surface area contributed by atoms with Crippen LogP contribution in [0.15, 0.2) is 58.3 Å². The van der Waals surface area contributed by atoms with Crippen LogP contribution in [0.3, 0.4) is 0 Å². The Balaban J connectivity index is 1.76. The number of benzene rings is 2. The average molecular weight is 440 g/mol. The third-order valence-electron chi connectivity index (χ3n) is 3.50. The number of carbonyl (C=O) groups is 1. The minimum Gasteiger partial charge on any atom is -0.354 e. The summed E-state index contributed by atoms with van der Waals surface area (Å²) in [7, 11) is -3.95. The molecule has 0 saturated carbocycles. The van der Waals surface area contributed by atoms with Gasteiger partial charge in [0.1, 0.15) is 0 Å². The van der Waals surface area contributed by atoms with Crippen LogP contribution in [0.1, 0.15) is 0 Å². The van der Waals surface area contributed by atoms with Crippen molar-refractivity contribution >= 4 is 39.1 Å². The predicted molar refractivity (Wildman–Crippen MR) is 105 cm³/mol. The second-order valence-corrected chi connectivity index (χ2v) is 8.36. The third-order valence-corrected chi connectivity index (χ3v) is 5.97. The molecule has 0 spiro atoms. The third kappa shape index (κ3) is 6.81. The van der Waals surface area contributed by atoms with Crippen molar-refractivity contribution in [1.82, 2.24) is 10.0 Å². The van der Waals surface area contributed by atoms with E-state index in [2.05, 4.69) is 10.0 Å². The van der Waals surface area contributed by atoms with E-state index in [0.29, 0.717) is 4.90 Å². The first-order valence-corrected chi connectivity index (χ1v) is 10.5. The smallest absolute Gasteiger partial charge is 0.270 e. The molecule has 0 saturated heterocycles. The van der Waals surface area contributed by atoms with E-state index in [1.807, 2.05) is 0 Å². The van der Waals surface area contributed by atoms with Crippen molar-refractivity contribution in [2.45, 2.75) is 9.79 Å². The number of hydrogen-bond donors (Lipinski definition) is 2. The molecule has 1 amide bonds. The van der Waals surface area contributed by atoms with E-state index in [9.17, 15) is 33.4 Å². The molecule has 29 heavy (non-hydrogen) atoms. The Hall–Kier alpha value is -3.03. The maximum atomic E-state index is 12.1. The Bertz CT molecular complexity index is 1010. The number of nitro benzene ring substituents is 2. The lowest BCUT2D eigenvalue weighted by Gasteiger charge is -2.08. The van der Waals surface area contributed by atoms with Gasteiger partial charge in [-0.2, -0.15) is 0 Å². The summed E-state index contributed by atoms with van der Waals surface area (Å²) in [6.45, 7) is -0.0766. The molecule has 13 heteroatoms. The molecule has 2 aromatic carbocycles. The van der Waals surface area contributed by atoms with Gasteiger partial charge in [0.2, 0.25) is 15.9 Å². The molecule has 0 atom stereocenters. The summed E-state index contributed by atoms with van der Waals surface area (Å²) in [6.07, 6.45) is 0. The van der Waals surface area contributed by atoms with Crippen LogP contribution < -0.4 is 10.0 Å². The van der Waals surface area contributed by atoms with Gasteiger partial charge < -0.3 is 5.32 Å². The van der Waals surface area contributed by atoms with Gasteiger partial charge in [0, 0.05) is 42.3 Å². The van der Waals surface area contributed by atoms with Crippen LogP contribution in [0.2, 0.25) is 0 Å². The molecule has 0 aromatic heterocycles. The summed E-state index contributed by atoms with van der Waals surface area (Å²) in [5.74, 6) is -0.294. The van der Waals surface area contributed by atoms with Crippen LogP contribution >= 0.6 is 11.8 Å². The number of nitro groups is 2. The zero-order valence-electron chi connectivity index (χ0n) is 14.8. The molecular formula is C16H16N4O7S2. The summed E-state index contributed by atoms with van der Waals surface area (Å²) in [4.78, 5) is 32.4. The van der Waals surface area contributed by atoms with E-state index in [4.69, 9.17) is 0 Å². The SMILES string of the molecule is O=C(CSc1ccc([N+](=O)[O-])cc1)NCCNS(=O)(=O)c1cccc([N+](=O)[O-])c1. The average Bonchev–Trinajstić information content (AvgIpc) is 2.70. The Kier molecular flexibility index (Phi) is 7.64. The first-order chi connectivity index (χ1) is 13.7. The first kappa shape index (κ1) is 22.3. The summed E-state index contributed by atoms with van der Waals surface area (Å²) < 4.78 is 26.5. The quantitative estimate of drug-likeness (QED) is 0.244. The highest BCUT2D eigenvalue weighted by Crippen LogP contribution is 2.21. The number of non-ortho nitro benzene ring substituents is 2. The second-order valence-electron chi connectivity index (χ2n) is 5.54. The number of nitrogens with zero attached hydrogens (tertiary/aromatic N) is 2. The summed E-state index contributed by atoms with van der Waals surface area (Å²) >= 11 is 1.18. The monoisotopic (exact) mass is 440 g/mol. The number of hydrogen-bond acceptors (Lipinski definition) is 8. The molecule has 2 rings (SSSR count). The first-order valence-electron chi connectivity index (χ1n) is 8.07. The molecule has 0 fully saturated rings. The molecule has 0 radical (unpaired) electrons. The van der Waals surface area contributed by atoms with Crippen LogP contribution in [-0.4, -0.2) is 43.0 Å². The topological polar surface area (TPSA) is 162 Å². The summed E-state index contributed by atoms with van der Waals surface area (Å²) in [5, 5.41) is 23.9. The van der Waals surface area contributed by atoms with Gasteiger partial charge in [-0.05, 0) is 18.2 Å². The molecule has 0 unspecified atom stereocenters. The lowest BCUT2D eigenvalue weighted by Crippen LogP contribution is -2.35. The van der Waals surface area contributed by atoms with E-state index in [1.54, 1.807) is 0 Å². The van der Waals surface area contributed by atoms with Crippen molar-refractivity contribution in [2.24, 2.45) is 0 Å². The number of sulfonamides is 1. The van der Waals surface area contributed by atoms with Gasteiger partial charge >= 0.3 is 0 Å². The molecule has 0 bridgehead atoms. The highest BCUT2D eigenvalue weighted by Gasteiger charge is 2.17. The fourth-order valence-corrected chi connectivity index (χ4v) is 3.90. The van der Waals surface area contributed by atoms with Crippen molar-refractivity contribution in [3.05, 3.63) is 68.8 Å². The molecule has 0 aliphatic rings. The molecule has 0 heterocycles. The molecule has 154 valence electrons. The maximum Gasteiger partial charge on any atom is 0.270 e. The number of rotatable bonds is 10. The fourth-order valence-electron chi connectivity index (χ4n) is 2.10. The Labute approximate surface area is 169 Å². The van der Waals surface area contributed by atoms with Crippen molar-refractivity contribution in [3.63, 3.8) is 0 Å². The molecule has 0 aliphatic heterocycles. The van der Waals surface area contributed by atoms with Crippen molar-refractivity contribution < 1.29 is 23.1 Å². The van der Waals surface area contributed by atoms with Gasteiger partial charge in [0.05, 0.1) is 20.5 Å². The van der Waals surface area contributed by atoms with Gasteiger partial charge in [-0.25, -0.2) is 13.1 Å². The number of nitrogens with one attached hydrogen (secondary N) is 2. The lowest BCUT2D eigenvalue weighted by atomic mass is 10.3. The van der Waals surface area contributed by atoms with Crippen LogP contribution in [0.5, 0.6) is 0 Å². The molecule has 0 aliphatic carbocycles. The zero-order valence-corrected chi connectivity index (χ0v) is 16.4. The van der Waals surface area contributed by atoms with E-state index in [1.165, 1.54) is 54.2 Å². The predicted octanol–water partition coefficient (Wildman–Crippen LogP) is 1.69. The molecule has 2 N–H and O–H groups in total. The molecule has 11 nitrogen and oxygen atoms in total. The maximum absolute atomic E-state index is 12.1. The Morgan fingerprint density at radius 1 is 0.966 bits per heavy atom. The van der Waals surface area contributed by atoms with Gasteiger partial charge in [-0.3, -0.25) is 25.0 Å².